The predicted molar refractivity (Wildman–Crippen MR) is 54.0 cm³/mol. The first kappa shape index (κ1) is 10.1. The quantitative estimate of drug-likeness (QED) is 0.739. The molecular formula is C10H8ClFN2O. The lowest BCUT2D eigenvalue weighted by molar-refractivity contribution is 0.391. The maximum atomic E-state index is 13.2. The van der Waals surface area contributed by atoms with Crippen LogP contribution in [-0.2, 0) is 5.88 Å². The van der Waals surface area contributed by atoms with Crippen molar-refractivity contribution in [3.63, 3.8) is 0 Å². The number of aromatic nitrogens is 2. The minimum atomic E-state index is -0.287. The number of nitrogens with zero attached hydrogens (tertiary/aromatic N) is 2. The highest BCUT2D eigenvalue weighted by Gasteiger charge is 2.09. The zero-order chi connectivity index (χ0) is 10.8. The van der Waals surface area contributed by atoms with Crippen molar-refractivity contribution in [1.82, 2.24) is 10.1 Å². The number of hydrogen-bond acceptors (Lipinski definition) is 3. The molecule has 0 spiro atoms. The van der Waals surface area contributed by atoms with E-state index in [1.165, 1.54) is 6.07 Å². The van der Waals surface area contributed by atoms with Crippen LogP contribution in [0.4, 0.5) is 4.39 Å². The summed E-state index contributed by atoms with van der Waals surface area (Å²) in [7, 11) is 0. The molecule has 78 valence electrons. The van der Waals surface area contributed by atoms with Crippen LogP contribution >= 0.6 is 11.6 Å². The van der Waals surface area contributed by atoms with Crippen molar-refractivity contribution in [2.24, 2.45) is 0 Å². The van der Waals surface area contributed by atoms with Crippen LogP contribution < -0.4 is 0 Å². The molecule has 0 aliphatic carbocycles. The van der Waals surface area contributed by atoms with Gasteiger partial charge in [-0.2, -0.15) is 4.98 Å². The van der Waals surface area contributed by atoms with Gasteiger partial charge in [-0.05, 0) is 18.6 Å². The molecule has 2 aromatic rings. The highest BCUT2D eigenvalue weighted by Crippen LogP contribution is 2.19. The van der Waals surface area contributed by atoms with E-state index in [0.29, 0.717) is 22.8 Å². The zero-order valence-corrected chi connectivity index (χ0v) is 8.75. The molecule has 0 amide bonds. The molecule has 0 saturated carbocycles. The number of halogens is 2. The van der Waals surface area contributed by atoms with Gasteiger partial charge in [-0.3, -0.25) is 0 Å². The van der Waals surface area contributed by atoms with E-state index in [0.717, 1.165) is 0 Å². The van der Waals surface area contributed by atoms with Gasteiger partial charge in [-0.25, -0.2) is 4.39 Å². The SMILES string of the molecule is Cc1ccc(-c2noc(CCl)n2)cc1F. The molecule has 2 rings (SSSR count). The summed E-state index contributed by atoms with van der Waals surface area (Å²) in [6.07, 6.45) is 0. The van der Waals surface area contributed by atoms with Gasteiger partial charge in [0, 0.05) is 5.56 Å². The molecule has 0 atom stereocenters. The maximum Gasteiger partial charge on any atom is 0.241 e. The molecule has 0 fully saturated rings. The molecule has 1 aromatic carbocycles. The smallest absolute Gasteiger partial charge is 0.241 e. The monoisotopic (exact) mass is 226 g/mol. The normalized spacial score (nSPS) is 10.6. The van der Waals surface area contributed by atoms with Gasteiger partial charge < -0.3 is 4.52 Å². The van der Waals surface area contributed by atoms with Crippen LogP contribution in [0.5, 0.6) is 0 Å². The molecule has 3 nitrogen and oxygen atoms in total. The molecule has 0 aliphatic rings. The molecule has 0 bridgehead atoms. The lowest BCUT2D eigenvalue weighted by atomic mass is 10.1. The first-order valence-electron chi connectivity index (χ1n) is 4.36. The Balaban J connectivity index is 2.40. The van der Waals surface area contributed by atoms with Crippen LogP contribution in [-0.4, -0.2) is 10.1 Å². The Morgan fingerprint density at radius 3 is 2.87 bits per heavy atom. The Morgan fingerprint density at radius 1 is 1.47 bits per heavy atom. The maximum absolute atomic E-state index is 13.2. The molecule has 1 aromatic heterocycles. The summed E-state index contributed by atoms with van der Waals surface area (Å²) in [5.74, 6) is 0.545. The van der Waals surface area contributed by atoms with E-state index < -0.39 is 0 Å². The summed E-state index contributed by atoms with van der Waals surface area (Å²) in [5, 5.41) is 3.69. The van der Waals surface area contributed by atoms with Gasteiger partial charge in [-0.1, -0.05) is 17.3 Å². The van der Waals surface area contributed by atoms with E-state index >= 15 is 0 Å². The standard InChI is InChI=1S/C10H8ClFN2O/c1-6-2-3-7(4-8(6)12)10-13-9(5-11)15-14-10/h2-4H,5H2,1H3. The predicted octanol–water partition coefficient (Wildman–Crippen LogP) is 2.92. The van der Waals surface area contributed by atoms with E-state index in [1.807, 2.05) is 0 Å². The van der Waals surface area contributed by atoms with Gasteiger partial charge in [0.15, 0.2) is 0 Å². The number of aryl methyl sites for hydroxylation is 1. The largest absolute Gasteiger partial charge is 0.338 e. The summed E-state index contributed by atoms with van der Waals surface area (Å²) < 4.78 is 18.1. The molecule has 0 radical (unpaired) electrons. The van der Waals surface area contributed by atoms with Crippen LogP contribution in [0.2, 0.25) is 0 Å². The Kier molecular flexibility index (Phi) is 2.68. The lowest BCUT2D eigenvalue weighted by Crippen LogP contribution is -1.86. The topological polar surface area (TPSA) is 38.9 Å². The minimum absolute atomic E-state index is 0.154. The highest BCUT2D eigenvalue weighted by atomic mass is 35.5. The van der Waals surface area contributed by atoms with Gasteiger partial charge >= 0.3 is 0 Å². The van der Waals surface area contributed by atoms with Gasteiger partial charge in [-0.15, -0.1) is 11.6 Å². The third kappa shape index (κ3) is 1.99. The minimum Gasteiger partial charge on any atom is -0.338 e. The fourth-order valence-electron chi connectivity index (χ4n) is 1.16. The molecule has 5 heteroatoms. The number of rotatable bonds is 2. The summed E-state index contributed by atoms with van der Waals surface area (Å²) in [4.78, 5) is 3.99. The molecule has 1 heterocycles. The third-order valence-electron chi connectivity index (χ3n) is 2.01. The molecule has 15 heavy (non-hydrogen) atoms. The first-order chi connectivity index (χ1) is 7.20. The van der Waals surface area contributed by atoms with Crippen LogP contribution in [0.15, 0.2) is 22.7 Å². The van der Waals surface area contributed by atoms with Crippen LogP contribution in [0.25, 0.3) is 11.4 Å². The number of hydrogen-bond donors (Lipinski definition) is 0. The van der Waals surface area contributed by atoms with E-state index in [-0.39, 0.29) is 11.7 Å². The van der Waals surface area contributed by atoms with E-state index in [9.17, 15) is 4.39 Å². The van der Waals surface area contributed by atoms with Crippen molar-refractivity contribution >= 4 is 11.6 Å². The fourth-order valence-corrected chi connectivity index (χ4v) is 1.27. The number of alkyl halides is 1. The summed E-state index contributed by atoms with van der Waals surface area (Å²) in [6.45, 7) is 1.69. The first-order valence-corrected chi connectivity index (χ1v) is 4.89. The van der Waals surface area contributed by atoms with Crippen molar-refractivity contribution in [1.29, 1.82) is 0 Å². The Morgan fingerprint density at radius 2 is 2.27 bits per heavy atom. The van der Waals surface area contributed by atoms with E-state index in [4.69, 9.17) is 16.1 Å². The third-order valence-corrected chi connectivity index (χ3v) is 2.24. The Hall–Kier alpha value is -1.42. The van der Waals surface area contributed by atoms with Crippen molar-refractivity contribution in [3.05, 3.63) is 35.5 Å². The second-order valence-electron chi connectivity index (χ2n) is 3.11. The van der Waals surface area contributed by atoms with Crippen molar-refractivity contribution < 1.29 is 8.91 Å². The lowest BCUT2D eigenvalue weighted by Gasteiger charge is -1.97. The van der Waals surface area contributed by atoms with Crippen molar-refractivity contribution in [3.8, 4) is 11.4 Å². The van der Waals surface area contributed by atoms with Gasteiger partial charge in [0.25, 0.3) is 0 Å². The molecule has 0 saturated heterocycles. The van der Waals surface area contributed by atoms with E-state index in [1.54, 1.807) is 19.1 Å². The highest BCUT2D eigenvalue weighted by molar-refractivity contribution is 6.16. The number of benzene rings is 1. The molecule has 0 unspecified atom stereocenters. The summed E-state index contributed by atoms with van der Waals surface area (Å²) >= 11 is 5.51. The van der Waals surface area contributed by atoms with E-state index in [2.05, 4.69) is 10.1 Å². The Bertz CT molecular complexity index is 484. The van der Waals surface area contributed by atoms with Crippen molar-refractivity contribution in [2.75, 3.05) is 0 Å². The average Bonchev–Trinajstić information content (AvgIpc) is 2.70. The van der Waals surface area contributed by atoms with Crippen molar-refractivity contribution in [2.45, 2.75) is 12.8 Å². The van der Waals surface area contributed by atoms with Gasteiger partial charge in [0.1, 0.15) is 11.7 Å². The second kappa shape index (κ2) is 3.98. The van der Waals surface area contributed by atoms with Gasteiger partial charge in [0.05, 0.1) is 0 Å². The summed E-state index contributed by atoms with van der Waals surface area (Å²) in [6, 6.07) is 4.78. The van der Waals surface area contributed by atoms with Crippen LogP contribution in [0.1, 0.15) is 11.5 Å². The second-order valence-corrected chi connectivity index (χ2v) is 3.38. The van der Waals surface area contributed by atoms with Gasteiger partial charge in [0.2, 0.25) is 11.7 Å². The molecule has 0 aliphatic heterocycles. The summed E-state index contributed by atoms with van der Waals surface area (Å²) in [5.41, 5.74) is 1.16. The Labute approximate surface area is 90.9 Å². The zero-order valence-electron chi connectivity index (χ0n) is 8.00. The molecular weight excluding hydrogens is 219 g/mol. The van der Waals surface area contributed by atoms with Crippen LogP contribution in [0.3, 0.4) is 0 Å². The average molecular weight is 227 g/mol. The fraction of sp³-hybridized carbons (Fsp3) is 0.200. The molecule has 0 N–H and O–H groups in total. The van der Waals surface area contributed by atoms with Crippen LogP contribution in [0, 0.1) is 12.7 Å².